The van der Waals surface area contributed by atoms with Crippen LogP contribution in [0, 0.1) is 0 Å². The van der Waals surface area contributed by atoms with Gasteiger partial charge in [-0.1, -0.05) is 41.9 Å². The van der Waals surface area contributed by atoms with Crippen LogP contribution >= 0.6 is 11.6 Å². The van der Waals surface area contributed by atoms with E-state index in [1.165, 1.54) is 0 Å². The summed E-state index contributed by atoms with van der Waals surface area (Å²) in [6.07, 6.45) is 0. The Labute approximate surface area is 159 Å². The van der Waals surface area contributed by atoms with Gasteiger partial charge in [0, 0.05) is 26.6 Å². The topological polar surface area (TPSA) is 26.3 Å². The Morgan fingerprint density at radius 2 is 1.07 bits per heavy atom. The minimum atomic E-state index is 0.713. The van der Waals surface area contributed by atoms with E-state index < -0.39 is 0 Å². The average molecular weight is 369 g/mol. The summed E-state index contributed by atoms with van der Waals surface area (Å²) < 4.78 is 12.0. The van der Waals surface area contributed by atoms with Gasteiger partial charge in [-0.15, -0.1) is 0 Å². The molecule has 0 spiro atoms. The summed E-state index contributed by atoms with van der Waals surface area (Å²) in [6.45, 7) is 0. The predicted molar refractivity (Wildman–Crippen MR) is 111 cm³/mol. The Morgan fingerprint density at radius 3 is 1.81 bits per heavy atom. The highest BCUT2D eigenvalue weighted by Gasteiger charge is 2.11. The molecule has 0 unspecified atom stereocenters. The Bertz CT molecular complexity index is 1490. The number of halogens is 1. The van der Waals surface area contributed by atoms with Crippen molar-refractivity contribution in [1.82, 2.24) is 0 Å². The van der Waals surface area contributed by atoms with Crippen LogP contribution in [0.4, 0.5) is 0 Å². The largest absolute Gasteiger partial charge is 0.456 e. The molecule has 0 aliphatic rings. The fourth-order valence-electron chi connectivity index (χ4n) is 3.83. The first-order chi connectivity index (χ1) is 13.3. The van der Waals surface area contributed by atoms with Gasteiger partial charge in [0.2, 0.25) is 0 Å². The van der Waals surface area contributed by atoms with Crippen molar-refractivity contribution >= 4 is 55.5 Å². The van der Waals surface area contributed by atoms with Crippen LogP contribution in [0.3, 0.4) is 0 Å². The van der Waals surface area contributed by atoms with Gasteiger partial charge in [0.15, 0.2) is 0 Å². The number of para-hydroxylation sites is 1. The van der Waals surface area contributed by atoms with E-state index in [0.717, 1.165) is 55.0 Å². The van der Waals surface area contributed by atoms with Crippen LogP contribution < -0.4 is 0 Å². The second-order valence-electron chi connectivity index (χ2n) is 6.76. The van der Waals surface area contributed by atoms with Crippen molar-refractivity contribution in [3.05, 3.63) is 83.9 Å². The molecule has 6 aromatic rings. The number of hydrogen-bond donors (Lipinski definition) is 0. The van der Waals surface area contributed by atoms with Crippen LogP contribution in [-0.2, 0) is 0 Å². The van der Waals surface area contributed by atoms with Crippen LogP contribution in [0.1, 0.15) is 0 Å². The Morgan fingerprint density at radius 1 is 0.481 bits per heavy atom. The maximum Gasteiger partial charge on any atom is 0.136 e. The minimum Gasteiger partial charge on any atom is -0.456 e. The molecule has 0 atom stereocenters. The van der Waals surface area contributed by atoms with Crippen LogP contribution in [0.25, 0.3) is 55.0 Å². The van der Waals surface area contributed by atoms with E-state index >= 15 is 0 Å². The molecule has 0 aliphatic carbocycles. The molecule has 0 radical (unpaired) electrons. The third-order valence-electron chi connectivity index (χ3n) is 5.15. The molecule has 27 heavy (non-hydrogen) atoms. The van der Waals surface area contributed by atoms with Crippen molar-refractivity contribution in [3.63, 3.8) is 0 Å². The first kappa shape index (κ1) is 14.9. The molecule has 0 N–H and O–H groups in total. The Balaban J connectivity index is 1.55. The standard InChI is InChI=1S/C24H13ClO2/c25-16-7-10-22-20(13-16)19-9-6-15(12-24(19)27-22)14-5-8-18-17-3-1-2-4-21(17)26-23(18)11-14/h1-13H. The van der Waals surface area contributed by atoms with E-state index in [-0.39, 0.29) is 0 Å². The van der Waals surface area contributed by atoms with Gasteiger partial charge >= 0.3 is 0 Å². The number of rotatable bonds is 1. The highest BCUT2D eigenvalue weighted by atomic mass is 35.5. The van der Waals surface area contributed by atoms with E-state index in [9.17, 15) is 0 Å². The number of benzene rings is 4. The van der Waals surface area contributed by atoms with Crippen molar-refractivity contribution < 1.29 is 8.83 Å². The monoisotopic (exact) mass is 368 g/mol. The molecular formula is C24H13ClO2. The lowest BCUT2D eigenvalue weighted by molar-refractivity contribution is 0.668. The molecule has 2 heterocycles. The fraction of sp³-hybridized carbons (Fsp3) is 0. The van der Waals surface area contributed by atoms with Gasteiger partial charge in [-0.3, -0.25) is 0 Å². The lowest BCUT2D eigenvalue weighted by Crippen LogP contribution is -1.77. The van der Waals surface area contributed by atoms with Crippen molar-refractivity contribution in [3.8, 4) is 11.1 Å². The van der Waals surface area contributed by atoms with Crippen LogP contribution in [-0.4, -0.2) is 0 Å². The van der Waals surface area contributed by atoms with Gasteiger partial charge < -0.3 is 8.83 Å². The number of fused-ring (bicyclic) bond motifs is 6. The van der Waals surface area contributed by atoms with E-state index in [1.54, 1.807) is 0 Å². The Hall–Kier alpha value is -3.23. The van der Waals surface area contributed by atoms with Gasteiger partial charge in [0.25, 0.3) is 0 Å². The zero-order valence-corrected chi connectivity index (χ0v) is 15.0. The zero-order chi connectivity index (χ0) is 18.0. The van der Waals surface area contributed by atoms with Gasteiger partial charge in [0.05, 0.1) is 0 Å². The van der Waals surface area contributed by atoms with E-state index in [2.05, 4.69) is 42.5 Å². The third-order valence-corrected chi connectivity index (χ3v) is 5.38. The van der Waals surface area contributed by atoms with Gasteiger partial charge in [-0.25, -0.2) is 0 Å². The second kappa shape index (κ2) is 5.38. The first-order valence-corrected chi connectivity index (χ1v) is 9.17. The number of furan rings is 2. The summed E-state index contributed by atoms with van der Waals surface area (Å²) in [7, 11) is 0. The third kappa shape index (κ3) is 2.20. The van der Waals surface area contributed by atoms with E-state index in [0.29, 0.717) is 5.02 Å². The van der Waals surface area contributed by atoms with E-state index in [4.69, 9.17) is 20.4 Å². The smallest absolute Gasteiger partial charge is 0.136 e. The maximum absolute atomic E-state index is 6.14. The van der Waals surface area contributed by atoms with Crippen LogP contribution in [0.5, 0.6) is 0 Å². The molecule has 3 heteroatoms. The quantitative estimate of drug-likeness (QED) is 0.296. The lowest BCUT2D eigenvalue weighted by atomic mass is 10.0. The first-order valence-electron chi connectivity index (χ1n) is 8.80. The van der Waals surface area contributed by atoms with Gasteiger partial charge in [-0.2, -0.15) is 0 Å². The molecule has 0 amide bonds. The second-order valence-corrected chi connectivity index (χ2v) is 7.20. The zero-order valence-electron chi connectivity index (χ0n) is 14.2. The Kier molecular flexibility index (Phi) is 2.97. The number of hydrogen-bond acceptors (Lipinski definition) is 2. The highest BCUT2D eigenvalue weighted by Crippen LogP contribution is 2.35. The SMILES string of the molecule is Clc1ccc2oc3cc(-c4ccc5c(c4)oc4ccccc45)ccc3c2c1. The maximum atomic E-state index is 6.14. The molecule has 4 aromatic carbocycles. The molecule has 0 fully saturated rings. The van der Waals surface area contributed by atoms with Crippen molar-refractivity contribution in [1.29, 1.82) is 0 Å². The van der Waals surface area contributed by atoms with Crippen LogP contribution in [0.15, 0.2) is 87.7 Å². The summed E-state index contributed by atoms with van der Waals surface area (Å²) in [6, 6.07) is 26.5. The normalized spacial score (nSPS) is 11.9. The molecule has 128 valence electrons. The van der Waals surface area contributed by atoms with E-state index in [1.807, 2.05) is 36.4 Å². The molecule has 0 aliphatic heterocycles. The van der Waals surface area contributed by atoms with Gasteiger partial charge in [0.1, 0.15) is 22.3 Å². The molecule has 2 aromatic heterocycles. The van der Waals surface area contributed by atoms with Crippen molar-refractivity contribution in [2.24, 2.45) is 0 Å². The van der Waals surface area contributed by atoms with Crippen molar-refractivity contribution in [2.45, 2.75) is 0 Å². The predicted octanol–water partition coefficient (Wildman–Crippen LogP) is 7.81. The lowest BCUT2D eigenvalue weighted by Gasteiger charge is -2.02. The molecule has 0 saturated carbocycles. The van der Waals surface area contributed by atoms with Crippen molar-refractivity contribution in [2.75, 3.05) is 0 Å². The summed E-state index contributed by atoms with van der Waals surface area (Å²) in [5.74, 6) is 0. The van der Waals surface area contributed by atoms with Crippen LogP contribution in [0.2, 0.25) is 5.02 Å². The molecule has 0 bridgehead atoms. The summed E-state index contributed by atoms with van der Waals surface area (Å²) in [4.78, 5) is 0. The minimum absolute atomic E-state index is 0.713. The molecule has 2 nitrogen and oxygen atoms in total. The molecule has 0 saturated heterocycles. The summed E-state index contributed by atoms with van der Waals surface area (Å²) in [5, 5.41) is 5.10. The van der Waals surface area contributed by atoms with Gasteiger partial charge in [-0.05, 0) is 59.7 Å². The molecule has 6 rings (SSSR count). The summed E-state index contributed by atoms with van der Waals surface area (Å²) in [5.41, 5.74) is 5.70. The fourth-order valence-corrected chi connectivity index (χ4v) is 4.01. The molecular weight excluding hydrogens is 356 g/mol. The highest BCUT2D eigenvalue weighted by molar-refractivity contribution is 6.31. The summed E-state index contributed by atoms with van der Waals surface area (Å²) >= 11 is 6.14. The average Bonchev–Trinajstić information content (AvgIpc) is 3.24.